The lowest BCUT2D eigenvalue weighted by molar-refractivity contribution is -0.133. The zero-order valence-electron chi connectivity index (χ0n) is 16.4. The minimum absolute atomic E-state index is 0.240. The molecule has 1 aliphatic heterocycles. The van der Waals surface area contributed by atoms with Crippen molar-refractivity contribution in [2.75, 3.05) is 19.0 Å². The highest BCUT2D eigenvalue weighted by molar-refractivity contribution is 6.33. The summed E-state index contributed by atoms with van der Waals surface area (Å²) in [5.74, 6) is -0.361. The molecule has 1 atom stereocenters. The Morgan fingerprint density at radius 3 is 2.66 bits per heavy atom. The Bertz CT molecular complexity index is 978. The van der Waals surface area contributed by atoms with E-state index >= 15 is 0 Å². The van der Waals surface area contributed by atoms with Crippen molar-refractivity contribution < 1.29 is 19.1 Å². The van der Waals surface area contributed by atoms with Crippen molar-refractivity contribution in [1.82, 2.24) is 10.2 Å². The van der Waals surface area contributed by atoms with Gasteiger partial charge in [-0.2, -0.15) is 0 Å². The Balaban J connectivity index is 1.72. The molecule has 0 spiro atoms. The second-order valence-electron chi connectivity index (χ2n) is 7.17. The van der Waals surface area contributed by atoms with E-state index in [2.05, 4.69) is 10.6 Å². The molecule has 7 nitrogen and oxygen atoms in total. The number of nitrogens with one attached hydrogen (secondary N) is 2. The van der Waals surface area contributed by atoms with Crippen LogP contribution in [-0.2, 0) is 16.0 Å². The number of urea groups is 1. The maximum absolute atomic E-state index is 12.9. The van der Waals surface area contributed by atoms with Crippen LogP contribution < -0.4 is 15.4 Å². The summed E-state index contributed by atoms with van der Waals surface area (Å²) in [6, 6.07) is 11.9. The van der Waals surface area contributed by atoms with E-state index in [4.69, 9.17) is 16.3 Å². The van der Waals surface area contributed by atoms with E-state index < -0.39 is 29.9 Å². The van der Waals surface area contributed by atoms with Gasteiger partial charge >= 0.3 is 6.03 Å². The molecule has 0 aliphatic carbocycles. The highest BCUT2D eigenvalue weighted by atomic mass is 35.5. The van der Waals surface area contributed by atoms with Crippen LogP contribution in [0, 0.1) is 6.92 Å². The van der Waals surface area contributed by atoms with E-state index in [0.717, 1.165) is 16.0 Å². The number of para-hydroxylation sites is 1. The van der Waals surface area contributed by atoms with Crippen molar-refractivity contribution in [3.05, 3.63) is 58.6 Å². The van der Waals surface area contributed by atoms with Gasteiger partial charge in [0.2, 0.25) is 5.91 Å². The number of carbonyl (C=O) groups is 3. The number of anilines is 1. The normalized spacial score (nSPS) is 18.6. The number of halogens is 1. The summed E-state index contributed by atoms with van der Waals surface area (Å²) in [5.41, 5.74) is 0.984. The van der Waals surface area contributed by atoms with Gasteiger partial charge in [0.15, 0.2) is 0 Å². The van der Waals surface area contributed by atoms with Crippen LogP contribution in [0.2, 0.25) is 5.02 Å². The fourth-order valence-electron chi connectivity index (χ4n) is 3.30. The zero-order chi connectivity index (χ0) is 21.2. The van der Waals surface area contributed by atoms with E-state index in [9.17, 15) is 14.4 Å². The van der Waals surface area contributed by atoms with Gasteiger partial charge in [-0.15, -0.1) is 0 Å². The Kier molecular flexibility index (Phi) is 5.79. The smallest absolute Gasteiger partial charge is 0.325 e. The number of rotatable bonds is 6. The lowest BCUT2D eigenvalue weighted by Gasteiger charge is -2.22. The molecule has 1 fully saturated rings. The molecule has 0 bridgehead atoms. The number of amides is 4. The number of nitrogens with zero attached hydrogens (tertiary/aromatic N) is 1. The summed E-state index contributed by atoms with van der Waals surface area (Å²) in [6.45, 7) is 3.11. The van der Waals surface area contributed by atoms with Crippen LogP contribution in [0.1, 0.15) is 18.1 Å². The number of methoxy groups -OCH3 is 1. The summed E-state index contributed by atoms with van der Waals surface area (Å²) < 4.78 is 5.33. The molecular formula is C21H22ClN3O4. The molecule has 2 N–H and O–H groups in total. The number of aryl methyl sites for hydroxylation is 1. The third kappa shape index (κ3) is 4.35. The average Bonchev–Trinajstić information content (AvgIpc) is 2.87. The van der Waals surface area contributed by atoms with Crippen molar-refractivity contribution in [2.45, 2.75) is 25.8 Å². The zero-order valence-corrected chi connectivity index (χ0v) is 17.2. The predicted molar refractivity (Wildman–Crippen MR) is 110 cm³/mol. The summed E-state index contributed by atoms with van der Waals surface area (Å²) in [7, 11) is 1.54. The fourth-order valence-corrected chi connectivity index (χ4v) is 3.58. The molecule has 1 aliphatic rings. The Hall–Kier alpha value is -3.06. The van der Waals surface area contributed by atoms with Gasteiger partial charge in [0.1, 0.15) is 17.8 Å². The first-order valence-corrected chi connectivity index (χ1v) is 9.43. The number of benzene rings is 2. The minimum Gasteiger partial charge on any atom is -0.496 e. The number of imide groups is 1. The Labute approximate surface area is 174 Å². The standard InChI is InChI=1S/C21H22ClN3O4/c1-13-8-9-16(15(22)10-13)23-18(26)12-25-19(27)21(2,24-20(25)28)11-14-6-4-5-7-17(14)29-3/h4-10H,11-12H2,1-3H3,(H,23,26)(H,24,28)/t21-/m0/s1. The van der Waals surface area contributed by atoms with Crippen molar-refractivity contribution in [3.63, 3.8) is 0 Å². The maximum atomic E-state index is 12.9. The average molecular weight is 416 g/mol. The van der Waals surface area contributed by atoms with Gasteiger partial charge in [-0.25, -0.2) is 4.79 Å². The SMILES string of the molecule is COc1ccccc1C[C@]1(C)NC(=O)N(CC(=O)Nc2ccc(C)cc2Cl)C1=O. The number of hydrogen-bond acceptors (Lipinski definition) is 4. The van der Waals surface area contributed by atoms with Gasteiger partial charge in [-0.1, -0.05) is 35.9 Å². The molecule has 2 aromatic rings. The molecule has 3 rings (SSSR count). The molecule has 4 amide bonds. The van der Waals surface area contributed by atoms with Crippen LogP contribution in [0.5, 0.6) is 5.75 Å². The molecule has 2 aromatic carbocycles. The first-order valence-electron chi connectivity index (χ1n) is 9.05. The first-order chi connectivity index (χ1) is 13.7. The van der Waals surface area contributed by atoms with Crippen molar-refractivity contribution >= 4 is 35.1 Å². The molecule has 1 heterocycles. The topological polar surface area (TPSA) is 87.7 Å². The molecule has 152 valence electrons. The van der Waals surface area contributed by atoms with Gasteiger partial charge in [0, 0.05) is 6.42 Å². The maximum Gasteiger partial charge on any atom is 0.325 e. The monoisotopic (exact) mass is 415 g/mol. The number of ether oxygens (including phenoxy) is 1. The molecule has 0 unspecified atom stereocenters. The highest BCUT2D eigenvalue weighted by Gasteiger charge is 2.48. The fraction of sp³-hybridized carbons (Fsp3) is 0.286. The summed E-state index contributed by atoms with van der Waals surface area (Å²) in [6.07, 6.45) is 0.240. The van der Waals surface area contributed by atoms with Crippen LogP contribution in [0.4, 0.5) is 10.5 Å². The quantitative estimate of drug-likeness (QED) is 0.709. The van der Waals surface area contributed by atoms with Crippen molar-refractivity contribution in [1.29, 1.82) is 0 Å². The summed E-state index contributed by atoms with van der Waals surface area (Å²) >= 11 is 6.13. The second kappa shape index (κ2) is 8.13. The van der Waals surface area contributed by atoms with Crippen LogP contribution in [-0.4, -0.2) is 41.9 Å². The van der Waals surface area contributed by atoms with Crippen LogP contribution in [0.25, 0.3) is 0 Å². The highest BCUT2D eigenvalue weighted by Crippen LogP contribution is 2.28. The third-order valence-electron chi connectivity index (χ3n) is 4.78. The largest absolute Gasteiger partial charge is 0.496 e. The van der Waals surface area contributed by atoms with E-state index in [-0.39, 0.29) is 6.42 Å². The third-order valence-corrected chi connectivity index (χ3v) is 5.09. The molecule has 0 saturated carbocycles. The molecule has 0 aromatic heterocycles. The molecule has 8 heteroatoms. The van der Waals surface area contributed by atoms with E-state index in [1.54, 1.807) is 38.3 Å². The minimum atomic E-state index is -1.17. The van der Waals surface area contributed by atoms with E-state index in [1.807, 2.05) is 25.1 Å². The number of hydrogen-bond donors (Lipinski definition) is 2. The second-order valence-corrected chi connectivity index (χ2v) is 7.58. The van der Waals surface area contributed by atoms with E-state index in [0.29, 0.717) is 16.5 Å². The number of carbonyl (C=O) groups excluding carboxylic acids is 3. The van der Waals surface area contributed by atoms with Crippen LogP contribution in [0.15, 0.2) is 42.5 Å². The van der Waals surface area contributed by atoms with Gasteiger partial charge in [0.05, 0.1) is 17.8 Å². The molecule has 1 saturated heterocycles. The lowest BCUT2D eigenvalue weighted by Crippen LogP contribution is -2.46. The molecule has 29 heavy (non-hydrogen) atoms. The Morgan fingerprint density at radius 1 is 1.24 bits per heavy atom. The van der Waals surface area contributed by atoms with Gasteiger partial charge in [0.25, 0.3) is 5.91 Å². The van der Waals surface area contributed by atoms with Crippen LogP contribution in [0.3, 0.4) is 0 Å². The van der Waals surface area contributed by atoms with Gasteiger partial charge in [-0.3, -0.25) is 14.5 Å². The molecule has 0 radical (unpaired) electrons. The summed E-state index contributed by atoms with van der Waals surface area (Å²) in [4.78, 5) is 38.7. The summed E-state index contributed by atoms with van der Waals surface area (Å²) in [5, 5.41) is 5.72. The van der Waals surface area contributed by atoms with E-state index in [1.165, 1.54) is 0 Å². The lowest BCUT2D eigenvalue weighted by atomic mass is 9.92. The van der Waals surface area contributed by atoms with Gasteiger partial charge < -0.3 is 15.4 Å². The van der Waals surface area contributed by atoms with Crippen molar-refractivity contribution in [2.24, 2.45) is 0 Å². The first kappa shape index (κ1) is 20.7. The molecular weight excluding hydrogens is 394 g/mol. The predicted octanol–water partition coefficient (Wildman–Crippen LogP) is 3.15. The van der Waals surface area contributed by atoms with Crippen LogP contribution >= 0.6 is 11.6 Å². The Morgan fingerprint density at radius 2 is 1.97 bits per heavy atom. The van der Waals surface area contributed by atoms with Gasteiger partial charge in [-0.05, 0) is 43.2 Å². The van der Waals surface area contributed by atoms with Crippen molar-refractivity contribution in [3.8, 4) is 5.75 Å².